The molecular formula is C3H6BNO4. The van der Waals surface area contributed by atoms with Crippen molar-refractivity contribution in [1.82, 2.24) is 0 Å². The minimum Gasteiger partial charge on any atom is -0.488 e. The second-order valence-electron chi connectivity index (χ2n) is 1.54. The predicted octanol–water partition coefficient (Wildman–Crippen LogP) is -0.719. The van der Waals surface area contributed by atoms with Crippen molar-refractivity contribution in [2.24, 2.45) is 5.64 Å². The fraction of sp³-hybridized carbons (Fsp3) is 0.333. The number of aliphatic carboxylic acids is 1. The fourth-order valence-electron chi connectivity index (χ4n) is 0.275. The monoisotopic (exact) mass is 131 g/mol. The topological polar surface area (TPSA) is 101 Å². The summed E-state index contributed by atoms with van der Waals surface area (Å²) < 4.78 is 0. The Bertz CT molecular complexity index is 136. The molecule has 0 bridgehead atoms. The van der Waals surface area contributed by atoms with Crippen LogP contribution in [0.2, 0.25) is 6.32 Å². The SMILES string of the molecule is NB(CC(=O)O)C(=O)O. The van der Waals surface area contributed by atoms with Gasteiger partial charge in [0.05, 0.1) is 6.32 Å². The molecule has 0 aromatic rings. The van der Waals surface area contributed by atoms with E-state index >= 15 is 0 Å². The second-order valence-corrected chi connectivity index (χ2v) is 1.54. The maximum atomic E-state index is 9.85. The van der Waals surface area contributed by atoms with E-state index in [9.17, 15) is 9.59 Å². The molecule has 0 aromatic heterocycles. The lowest BCUT2D eigenvalue weighted by Gasteiger charge is -1.93. The van der Waals surface area contributed by atoms with Crippen molar-refractivity contribution in [2.45, 2.75) is 6.32 Å². The molecule has 9 heavy (non-hydrogen) atoms. The molecule has 0 aliphatic heterocycles. The Morgan fingerprint density at radius 1 is 1.44 bits per heavy atom. The highest BCUT2D eigenvalue weighted by atomic mass is 16.4. The van der Waals surface area contributed by atoms with Crippen LogP contribution < -0.4 is 5.64 Å². The average Bonchev–Trinajstić information content (AvgIpc) is 1.63. The first-order valence-electron chi connectivity index (χ1n) is 2.24. The number of nitrogens with two attached hydrogens (primary N) is 1. The number of carbonyl (C=O) groups is 2. The van der Waals surface area contributed by atoms with E-state index in [2.05, 4.69) is 0 Å². The molecule has 0 aliphatic carbocycles. The number of hydrogen-bond acceptors (Lipinski definition) is 3. The van der Waals surface area contributed by atoms with Gasteiger partial charge in [-0.3, -0.25) is 9.59 Å². The third kappa shape index (κ3) is 3.54. The molecule has 0 rings (SSSR count). The quantitative estimate of drug-likeness (QED) is 0.438. The number of rotatable bonds is 3. The van der Waals surface area contributed by atoms with E-state index in [4.69, 9.17) is 15.9 Å². The molecule has 6 heteroatoms. The normalized spacial score (nSPS) is 8.56. The van der Waals surface area contributed by atoms with Gasteiger partial charge in [-0.2, -0.15) is 0 Å². The lowest BCUT2D eigenvalue weighted by molar-refractivity contribution is -0.134. The van der Waals surface area contributed by atoms with Crippen molar-refractivity contribution < 1.29 is 19.8 Å². The minimum absolute atomic E-state index is 0.532. The van der Waals surface area contributed by atoms with Gasteiger partial charge in [0.25, 0.3) is 11.8 Å². The third-order valence-corrected chi connectivity index (χ3v) is 0.712. The Kier molecular flexibility index (Phi) is 2.73. The van der Waals surface area contributed by atoms with Crippen LogP contribution in [0.5, 0.6) is 0 Å². The van der Waals surface area contributed by atoms with Gasteiger partial charge < -0.3 is 15.9 Å². The summed E-state index contributed by atoms with van der Waals surface area (Å²) in [5, 5.41) is 16.0. The summed E-state index contributed by atoms with van der Waals surface area (Å²) in [7, 11) is 0. The van der Waals surface area contributed by atoms with Gasteiger partial charge in [0, 0.05) is 0 Å². The van der Waals surface area contributed by atoms with Gasteiger partial charge in [0.2, 0.25) is 0 Å². The maximum absolute atomic E-state index is 9.85. The summed E-state index contributed by atoms with van der Waals surface area (Å²) in [4.78, 5) is 19.6. The summed E-state index contributed by atoms with van der Waals surface area (Å²) in [6, 6.07) is 0. The molecule has 0 heterocycles. The molecule has 0 saturated carbocycles. The lowest BCUT2D eigenvalue weighted by Crippen LogP contribution is -2.36. The van der Waals surface area contributed by atoms with Crippen LogP contribution in [0.15, 0.2) is 0 Å². The smallest absolute Gasteiger partial charge is 0.364 e. The lowest BCUT2D eigenvalue weighted by atomic mass is 9.61. The van der Waals surface area contributed by atoms with Crippen LogP contribution >= 0.6 is 0 Å². The molecule has 0 atom stereocenters. The summed E-state index contributed by atoms with van der Waals surface area (Å²) in [5.41, 5.74) is 4.84. The second kappa shape index (κ2) is 3.08. The minimum atomic E-state index is -1.29. The molecule has 5 nitrogen and oxygen atoms in total. The highest BCUT2D eigenvalue weighted by Gasteiger charge is 2.21. The predicted molar refractivity (Wildman–Crippen MR) is 30.4 cm³/mol. The van der Waals surface area contributed by atoms with Gasteiger partial charge in [0.1, 0.15) is 0 Å². The highest BCUT2D eigenvalue weighted by molar-refractivity contribution is 6.87. The van der Waals surface area contributed by atoms with Gasteiger partial charge in [-0.05, 0) is 0 Å². The summed E-state index contributed by atoms with van der Waals surface area (Å²) >= 11 is 0. The van der Waals surface area contributed by atoms with Crippen molar-refractivity contribution >= 4 is 18.7 Å². The Morgan fingerprint density at radius 3 is 2.00 bits per heavy atom. The van der Waals surface area contributed by atoms with E-state index in [1.54, 1.807) is 0 Å². The van der Waals surface area contributed by atoms with Crippen LogP contribution in [-0.2, 0) is 4.79 Å². The zero-order chi connectivity index (χ0) is 7.44. The van der Waals surface area contributed by atoms with Crippen LogP contribution in [0.25, 0.3) is 0 Å². The van der Waals surface area contributed by atoms with E-state index in [0.717, 1.165) is 0 Å². The number of hydrogen-bond donors (Lipinski definition) is 3. The first kappa shape index (κ1) is 7.96. The number of carboxylic acid groups (broad SMARTS) is 2. The summed E-state index contributed by atoms with van der Waals surface area (Å²) in [6.45, 7) is -1.29. The van der Waals surface area contributed by atoms with Crippen molar-refractivity contribution in [1.29, 1.82) is 0 Å². The van der Waals surface area contributed by atoms with Crippen molar-refractivity contribution in [3.63, 3.8) is 0 Å². The van der Waals surface area contributed by atoms with Gasteiger partial charge >= 0.3 is 6.85 Å². The van der Waals surface area contributed by atoms with Gasteiger partial charge in [0.15, 0.2) is 0 Å². The first-order chi connectivity index (χ1) is 4.04. The van der Waals surface area contributed by atoms with E-state index in [1.165, 1.54) is 0 Å². The van der Waals surface area contributed by atoms with Crippen LogP contribution in [0.1, 0.15) is 0 Å². The summed E-state index contributed by atoms with van der Waals surface area (Å²) in [6.07, 6.45) is -0.532. The van der Waals surface area contributed by atoms with Gasteiger partial charge in [-0.1, -0.05) is 0 Å². The zero-order valence-electron chi connectivity index (χ0n) is 4.57. The molecule has 0 aliphatic rings. The molecule has 50 valence electrons. The van der Waals surface area contributed by atoms with Gasteiger partial charge in [-0.25, -0.2) is 0 Å². The average molecular weight is 131 g/mol. The van der Waals surface area contributed by atoms with Crippen LogP contribution in [0.4, 0.5) is 4.79 Å². The van der Waals surface area contributed by atoms with E-state index in [0.29, 0.717) is 0 Å². The molecule has 0 aromatic carbocycles. The molecule has 0 radical (unpaired) electrons. The fourth-order valence-corrected chi connectivity index (χ4v) is 0.275. The Labute approximate surface area is 51.6 Å². The standard InChI is InChI=1S/C3H6BNO4/c5-4(3(8)9)1-2(6)7/h1,5H2,(H,6,7)(H,8,9). The largest absolute Gasteiger partial charge is 0.488 e. The molecule has 4 N–H and O–H groups in total. The first-order valence-corrected chi connectivity index (χ1v) is 2.24. The summed E-state index contributed by atoms with van der Waals surface area (Å²) in [5.74, 6) is -2.50. The molecule has 0 fully saturated rings. The van der Waals surface area contributed by atoms with Crippen molar-refractivity contribution in [2.75, 3.05) is 0 Å². The molecule has 0 saturated heterocycles. The zero-order valence-corrected chi connectivity index (χ0v) is 4.57. The van der Waals surface area contributed by atoms with Gasteiger partial charge in [-0.15, -0.1) is 0 Å². The van der Waals surface area contributed by atoms with Crippen LogP contribution in [0, 0.1) is 0 Å². The molecule has 0 spiro atoms. The Morgan fingerprint density at radius 2 is 1.89 bits per heavy atom. The molecule has 0 amide bonds. The van der Waals surface area contributed by atoms with Crippen LogP contribution in [0.3, 0.4) is 0 Å². The van der Waals surface area contributed by atoms with E-state index in [1.807, 2.05) is 0 Å². The van der Waals surface area contributed by atoms with E-state index in [-0.39, 0.29) is 0 Å². The highest BCUT2D eigenvalue weighted by Crippen LogP contribution is 1.85. The molecule has 0 unspecified atom stereocenters. The van der Waals surface area contributed by atoms with E-state index < -0.39 is 25.0 Å². The maximum Gasteiger partial charge on any atom is 0.364 e. The third-order valence-electron chi connectivity index (χ3n) is 0.712. The van der Waals surface area contributed by atoms with Crippen molar-refractivity contribution in [3.8, 4) is 0 Å². The number of carboxylic acids is 1. The Hall–Kier alpha value is -1.04. The molecular weight excluding hydrogens is 125 g/mol. The van der Waals surface area contributed by atoms with Crippen molar-refractivity contribution in [3.05, 3.63) is 0 Å². The van der Waals surface area contributed by atoms with Crippen LogP contribution in [-0.4, -0.2) is 28.9 Å². The Balaban J connectivity index is 3.63.